The summed E-state index contributed by atoms with van der Waals surface area (Å²) in [4.78, 5) is 10.9. The summed E-state index contributed by atoms with van der Waals surface area (Å²) in [5.74, 6) is 0.778. The molecule has 1 aromatic heterocycles. The van der Waals surface area contributed by atoms with E-state index in [4.69, 9.17) is 5.11 Å². The first kappa shape index (κ1) is 11.7. The Labute approximate surface area is 89.1 Å². The highest BCUT2D eigenvalue weighted by Crippen LogP contribution is 2.21. The lowest BCUT2D eigenvalue weighted by atomic mass is 10.1. The van der Waals surface area contributed by atoms with Gasteiger partial charge in [-0.3, -0.25) is 0 Å². The van der Waals surface area contributed by atoms with Gasteiger partial charge in [0.15, 0.2) is 0 Å². The van der Waals surface area contributed by atoms with Crippen molar-refractivity contribution in [2.75, 3.05) is 0 Å². The third-order valence-electron chi connectivity index (χ3n) is 2.69. The van der Waals surface area contributed by atoms with Gasteiger partial charge in [0.25, 0.3) is 0 Å². The van der Waals surface area contributed by atoms with E-state index >= 15 is 0 Å². The van der Waals surface area contributed by atoms with Gasteiger partial charge < -0.3 is 9.67 Å². The highest BCUT2D eigenvalue weighted by atomic mass is 16.4. The monoisotopic (exact) mass is 211 g/mol. The van der Waals surface area contributed by atoms with Crippen LogP contribution in [-0.2, 0) is 4.79 Å². The third-order valence-corrected chi connectivity index (χ3v) is 2.69. The summed E-state index contributed by atoms with van der Waals surface area (Å²) < 4.78 is 1.69. The van der Waals surface area contributed by atoms with Crippen molar-refractivity contribution in [3.63, 3.8) is 0 Å². The summed E-state index contributed by atoms with van der Waals surface area (Å²) in [6.45, 7) is 7.49. The zero-order valence-corrected chi connectivity index (χ0v) is 9.56. The van der Waals surface area contributed by atoms with Crippen molar-refractivity contribution in [1.29, 1.82) is 0 Å². The molecule has 1 heterocycles. The quantitative estimate of drug-likeness (QED) is 0.823. The van der Waals surface area contributed by atoms with Gasteiger partial charge in [0, 0.05) is 5.92 Å². The van der Waals surface area contributed by atoms with Gasteiger partial charge in [-0.2, -0.15) is 0 Å². The van der Waals surface area contributed by atoms with Crippen molar-refractivity contribution < 1.29 is 9.90 Å². The molecule has 5 heteroatoms. The predicted molar refractivity (Wildman–Crippen MR) is 55.8 cm³/mol. The summed E-state index contributed by atoms with van der Waals surface area (Å²) >= 11 is 0. The van der Waals surface area contributed by atoms with Gasteiger partial charge in [-0.25, -0.2) is 4.79 Å². The number of rotatable bonds is 4. The van der Waals surface area contributed by atoms with Crippen LogP contribution in [0.3, 0.4) is 0 Å². The van der Waals surface area contributed by atoms with E-state index in [1.165, 1.54) is 0 Å². The van der Waals surface area contributed by atoms with Gasteiger partial charge in [-0.15, -0.1) is 10.2 Å². The molecule has 0 bridgehead atoms. The van der Waals surface area contributed by atoms with E-state index in [0.29, 0.717) is 5.82 Å². The Morgan fingerprint density at radius 2 is 2.07 bits per heavy atom. The molecule has 1 rings (SSSR count). The molecule has 15 heavy (non-hydrogen) atoms. The van der Waals surface area contributed by atoms with Gasteiger partial charge >= 0.3 is 5.97 Å². The normalized spacial score (nSPS) is 14.9. The zero-order valence-electron chi connectivity index (χ0n) is 9.56. The van der Waals surface area contributed by atoms with Crippen LogP contribution in [0.15, 0.2) is 0 Å². The van der Waals surface area contributed by atoms with Gasteiger partial charge in [0.2, 0.25) is 0 Å². The van der Waals surface area contributed by atoms with E-state index in [1.807, 2.05) is 13.8 Å². The lowest BCUT2D eigenvalue weighted by Gasteiger charge is -2.15. The van der Waals surface area contributed by atoms with Gasteiger partial charge in [0.05, 0.1) is 0 Å². The Balaban J connectivity index is 3.14. The van der Waals surface area contributed by atoms with Crippen LogP contribution in [0.5, 0.6) is 0 Å². The van der Waals surface area contributed by atoms with Crippen LogP contribution >= 0.6 is 0 Å². The van der Waals surface area contributed by atoms with Crippen molar-refractivity contribution in [3.8, 4) is 0 Å². The van der Waals surface area contributed by atoms with Crippen molar-refractivity contribution >= 4 is 5.97 Å². The minimum Gasteiger partial charge on any atom is -0.480 e. The SMILES string of the molecule is CCC(C)c1nnc(C)n1C(C)C(=O)O. The zero-order chi connectivity index (χ0) is 11.6. The predicted octanol–water partition coefficient (Wildman–Crippen LogP) is 1.75. The molecule has 1 aromatic rings. The molecule has 0 fully saturated rings. The molecule has 2 unspecified atom stereocenters. The first-order valence-electron chi connectivity index (χ1n) is 5.13. The Morgan fingerprint density at radius 1 is 1.47 bits per heavy atom. The Bertz CT molecular complexity index is 360. The van der Waals surface area contributed by atoms with Gasteiger partial charge in [0.1, 0.15) is 17.7 Å². The molecule has 0 amide bonds. The standard InChI is InChI=1S/C10H17N3O2/c1-5-6(2)9-12-11-8(4)13(9)7(3)10(14)15/h6-7H,5H2,1-4H3,(H,14,15). The van der Waals surface area contributed by atoms with E-state index in [9.17, 15) is 4.79 Å². The molecule has 5 nitrogen and oxygen atoms in total. The van der Waals surface area contributed by atoms with Crippen molar-refractivity contribution in [2.24, 2.45) is 0 Å². The van der Waals surface area contributed by atoms with E-state index in [2.05, 4.69) is 10.2 Å². The average Bonchev–Trinajstić information content (AvgIpc) is 2.57. The molecule has 2 atom stereocenters. The maximum atomic E-state index is 10.9. The fourth-order valence-electron chi connectivity index (χ4n) is 1.49. The summed E-state index contributed by atoms with van der Waals surface area (Å²) in [6.07, 6.45) is 0.921. The molecule has 0 radical (unpaired) electrons. The molecule has 0 spiro atoms. The second kappa shape index (κ2) is 4.42. The van der Waals surface area contributed by atoms with Crippen molar-refractivity contribution in [3.05, 3.63) is 11.6 Å². The molecule has 0 aliphatic rings. The molecule has 84 valence electrons. The van der Waals surface area contributed by atoms with Crippen LogP contribution in [0.4, 0.5) is 0 Å². The average molecular weight is 211 g/mol. The number of aryl methyl sites for hydroxylation is 1. The smallest absolute Gasteiger partial charge is 0.326 e. The van der Waals surface area contributed by atoms with Crippen LogP contribution in [0.25, 0.3) is 0 Å². The van der Waals surface area contributed by atoms with Crippen molar-refractivity contribution in [2.45, 2.75) is 46.1 Å². The molecular formula is C10H17N3O2. The minimum atomic E-state index is -0.859. The molecule has 0 aliphatic carbocycles. The Hall–Kier alpha value is -1.39. The van der Waals surface area contributed by atoms with Crippen LogP contribution in [0, 0.1) is 6.92 Å². The Morgan fingerprint density at radius 3 is 2.53 bits per heavy atom. The molecule has 0 aromatic carbocycles. The van der Waals surface area contributed by atoms with E-state index in [-0.39, 0.29) is 5.92 Å². The molecule has 0 saturated heterocycles. The van der Waals surface area contributed by atoms with E-state index in [1.54, 1.807) is 18.4 Å². The highest BCUT2D eigenvalue weighted by Gasteiger charge is 2.22. The molecular weight excluding hydrogens is 194 g/mol. The first-order valence-corrected chi connectivity index (χ1v) is 5.13. The summed E-state index contributed by atoms with van der Waals surface area (Å²) in [6, 6.07) is -0.607. The molecule has 0 saturated carbocycles. The molecule has 1 N–H and O–H groups in total. The number of carbonyl (C=O) groups is 1. The lowest BCUT2D eigenvalue weighted by molar-refractivity contribution is -0.140. The van der Waals surface area contributed by atoms with E-state index in [0.717, 1.165) is 12.2 Å². The summed E-state index contributed by atoms with van der Waals surface area (Å²) in [5.41, 5.74) is 0. The number of nitrogens with zero attached hydrogens (tertiary/aromatic N) is 3. The maximum absolute atomic E-state index is 10.9. The third kappa shape index (κ3) is 2.16. The van der Waals surface area contributed by atoms with Crippen LogP contribution in [0.2, 0.25) is 0 Å². The Kier molecular flexibility index (Phi) is 3.44. The number of aliphatic carboxylic acids is 1. The number of hydrogen-bond acceptors (Lipinski definition) is 3. The van der Waals surface area contributed by atoms with Crippen LogP contribution in [0.1, 0.15) is 50.8 Å². The largest absolute Gasteiger partial charge is 0.480 e. The number of carboxylic acids is 1. The summed E-state index contributed by atoms with van der Waals surface area (Å²) in [7, 11) is 0. The minimum absolute atomic E-state index is 0.230. The van der Waals surface area contributed by atoms with Gasteiger partial charge in [-0.05, 0) is 20.3 Å². The second-order valence-electron chi connectivity index (χ2n) is 3.80. The fraction of sp³-hybridized carbons (Fsp3) is 0.700. The number of carboxylic acid groups (broad SMARTS) is 1. The fourth-order valence-corrected chi connectivity index (χ4v) is 1.49. The first-order chi connectivity index (χ1) is 6.99. The topological polar surface area (TPSA) is 68.0 Å². The van der Waals surface area contributed by atoms with Crippen LogP contribution < -0.4 is 0 Å². The second-order valence-corrected chi connectivity index (χ2v) is 3.80. The maximum Gasteiger partial charge on any atom is 0.326 e. The van der Waals surface area contributed by atoms with Crippen LogP contribution in [-0.4, -0.2) is 25.8 Å². The summed E-state index contributed by atoms with van der Waals surface area (Å²) in [5, 5.41) is 17.0. The lowest BCUT2D eigenvalue weighted by Crippen LogP contribution is -2.20. The number of hydrogen-bond donors (Lipinski definition) is 1. The van der Waals surface area contributed by atoms with Gasteiger partial charge in [-0.1, -0.05) is 13.8 Å². The number of aromatic nitrogens is 3. The molecule has 0 aliphatic heterocycles. The van der Waals surface area contributed by atoms with E-state index < -0.39 is 12.0 Å². The highest BCUT2D eigenvalue weighted by molar-refractivity contribution is 5.71. The van der Waals surface area contributed by atoms with Crippen molar-refractivity contribution in [1.82, 2.24) is 14.8 Å².